The molecule has 0 aliphatic rings. The highest BCUT2D eigenvalue weighted by molar-refractivity contribution is 7.80. The molecular formula is C8H9FN2OS. The molecular weight excluding hydrogens is 191 g/mol. The summed E-state index contributed by atoms with van der Waals surface area (Å²) in [4.78, 5) is 11.4. The molecule has 70 valence electrons. The van der Waals surface area contributed by atoms with Gasteiger partial charge in [-0.25, -0.2) is 4.39 Å². The maximum atomic E-state index is 12.6. The number of aryl methyl sites for hydroxylation is 1. The summed E-state index contributed by atoms with van der Waals surface area (Å²) in [5.74, 6) is -0.442. The highest BCUT2D eigenvalue weighted by Crippen LogP contribution is 1.93. The van der Waals surface area contributed by atoms with Gasteiger partial charge >= 0.3 is 0 Å². The summed E-state index contributed by atoms with van der Waals surface area (Å²) in [7, 11) is 0. The second kappa shape index (κ2) is 4.13. The molecule has 13 heavy (non-hydrogen) atoms. The Bertz CT molecular complexity index is 375. The Kier molecular flexibility index (Phi) is 3.13. The molecule has 3 nitrogen and oxygen atoms in total. The molecule has 0 aliphatic carbocycles. The van der Waals surface area contributed by atoms with Crippen LogP contribution in [-0.4, -0.2) is 9.56 Å². The number of rotatable bonds is 3. The van der Waals surface area contributed by atoms with Crippen LogP contribution in [0.3, 0.4) is 0 Å². The molecule has 0 radical (unpaired) electrons. The highest BCUT2D eigenvalue weighted by atomic mass is 32.1. The number of thiocarbonyl (C=S) groups is 1. The molecule has 0 atom stereocenters. The fourth-order valence-corrected chi connectivity index (χ4v) is 0.999. The SMILES string of the molecule is NC(=S)CCn1cc(F)ccc1=O. The fourth-order valence-electron chi connectivity index (χ4n) is 0.908. The number of halogens is 1. The largest absolute Gasteiger partial charge is 0.393 e. The van der Waals surface area contributed by atoms with E-state index in [1.807, 2.05) is 0 Å². The number of nitrogens with zero attached hydrogens (tertiary/aromatic N) is 1. The minimum Gasteiger partial charge on any atom is -0.393 e. The van der Waals surface area contributed by atoms with Gasteiger partial charge in [0, 0.05) is 25.2 Å². The minimum atomic E-state index is -0.442. The number of nitrogens with two attached hydrogens (primary N) is 1. The second-order valence-electron chi connectivity index (χ2n) is 2.60. The van der Waals surface area contributed by atoms with Crippen molar-refractivity contribution < 1.29 is 4.39 Å². The summed E-state index contributed by atoms with van der Waals surface area (Å²) < 4.78 is 13.9. The summed E-state index contributed by atoms with van der Waals surface area (Å²) in [6, 6.07) is 2.30. The average molecular weight is 200 g/mol. The maximum absolute atomic E-state index is 12.6. The molecule has 0 saturated heterocycles. The van der Waals surface area contributed by atoms with Crippen LogP contribution in [0.25, 0.3) is 0 Å². The van der Waals surface area contributed by atoms with Crippen molar-refractivity contribution in [2.45, 2.75) is 13.0 Å². The van der Waals surface area contributed by atoms with Crippen molar-refractivity contribution in [2.24, 2.45) is 5.73 Å². The van der Waals surface area contributed by atoms with Crippen LogP contribution < -0.4 is 11.3 Å². The van der Waals surface area contributed by atoms with E-state index in [-0.39, 0.29) is 5.56 Å². The van der Waals surface area contributed by atoms with Crippen LogP contribution >= 0.6 is 12.2 Å². The molecule has 0 saturated carbocycles. The third-order valence-corrected chi connectivity index (χ3v) is 1.75. The van der Waals surface area contributed by atoms with Gasteiger partial charge in [0.15, 0.2) is 0 Å². The van der Waals surface area contributed by atoms with Gasteiger partial charge in [-0.05, 0) is 6.07 Å². The van der Waals surface area contributed by atoms with Gasteiger partial charge in [0.2, 0.25) is 0 Å². The van der Waals surface area contributed by atoms with Gasteiger partial charge in [0.1, 0.15) is 5.82 Å². The van der Waals surface area contributed by atoms with Crippen LogP contribution in [0.15, 0.2) is 23.1 Å². The van der Waals surface area contributed by atoms with Gasteiger partial charge in [-0.3, -0.25) is 4.79 Å². The predicted molar refractivity (Wildman–Crippen MR) is 52.1 cm³/mol. The van der Waals surface area contributed by atoms with Crippen LogP contribution in [0.2, 0.25) is 0 Å². The molecule has 5 heteroatoms. The first-order valence-electron chi connectivity index (χ1n) is 3.74. The van der Waals surface area contributed by atoms with E-state index in [1.165, 1.54) is 10.6 Å². The first-order valence-corrected chi connectivity index (χ1v) is 4.15. The van der Waals surface area contributed by atoms with Gasteiger partial charge in [-0.1, -0.05) is 12.2 Å². The summed E-state index contributed by atoms with van der Waals surface area (Å²) in [5, 5.41) is 0. The van der Waals surface area contributed by atoms with Crippen LogP contribution in [0.4, 0.5) is 4.39 Å². The molecule has 1 heterocycles. The Balaban J connectivity index is 2.82. The van der Waals surface area contributed by atoms with Crippen LogP contribution in [0.1, 0.15) is 6.42 Å². The van der Waals surface area contributed by atoms with E-state index in [1.54, 1.807) is 0 Å². The van der Waals surface area contributed by atoms with E-state index in [9.17, 15) is 9.18 Å². The molecule has 0 aliphatic heterocycles. The molecule has 0 unspecified atom stereocenters. The zero-order valence-corrected chi connectivity index (χ0v) is 7.68. The molecule has 1 aromatic rings. The smallest absolute Gasteiger partial charge is 0.250 e. The molecule has 1 aromatic heterocycles. The number of pyridine rings is 1. The van der Waals surface area contributed by atoms with E-state index >= 15 is 0 Å². The van der Waals surface area contributed by atoms with Gasteiger partial charge < -0.3 is 10.3 Å². The van der Waals surface area contributed by atoms with E-state index in [2.05, 4.69) is 12.2 Å². The van der Waals surface area contributed by atoms with E-state index in [4.69, 9.17) is 5.73 Å². The van der Waals surface area contributed by atoms with Gasteiger partial charge in [0.05, 0.1) is 4.99 Å². The van der Waals surface area contributed by atoms with E-state index < -0.39 is 5.82 Å². The first kappa shape index (κ1) is 9.85. The third-order valence-electron chi connectivity index (χ3n) is 1.55. The van der Waals surface area contributed by atoms with Crippen molar-refractivity contribution in [2.75, 3.05) is 0 Å². The lowest BCUT2D eigenvalue weighted by Gasteiger charge is -2.03. The van der Waals surface area contributed by atoms with Crippen molar-refractivity contribution in [3.8, 4) is 0 Å². The molecule has 0 fully saturated rings. The molecule has 1 rings (SSSR count). The Labute approximate surface area is 80.0 Å². The lowest BCUT2D eigenvalue weighted by molar-refractivity contribution is 0.585. The quantitative estimate of drug-likeness (QED) is 0.729. The van der Waals surface area contributed by atoms with Crippen LogP contribution in [0.5, 0.6) is 0 Å². The summed E-state index contributed by atoms with van der Waals surface area (Å²) in [6.07, 6.45) is 1.54. The molecule has 2 N–H and O–H groups in total. The minimum absolute atomic E-state index is 0.252. The average Bonchev–Trinajstić information content (AvgIpc) is 2.06. The highest BCUT2D eigenvalue weighted by Gasteiger charge is 1.98. The van der Waals surface area contributed by atoms with Crippen LogP contribution in [0, 0.1) is 5.82 Å². The van der Waals surface area contributed by atoms with Crippen molar-refractivity contribution in [1.29, 1.82) is 0 Å². The van der Waals surface area contributed by atoms with Crippen molar-refractivity contribution in [1.82, 2.24) is 4.57 Å². The van der Waals surface area contributed by atoms with Crippen molar-refractivity contribution in [3.63, 3.8) is 0 Å². The maximum Gasteiger partial charge on any atom is 0.250 e. The zero-order valence-electron chi connectivity index (χ0n) is 6.87. The normalized spacial score (nSPS) is 9.92. The Hall–Kier alpha value is -1.23. The Morgan fingerprint density at radius 1 is 1.62 bits per heavy atom. The second-order valence-corrected chi connectivity index (χ2v) is 3.12. The zero-order chi connectivity index (χ0) is 9.84. The fraction of sp³-hybridized carbons (Fsp3) is 0.250. The third kappa shape index (κ3) is 2.95. The Morgan fingerprint density at radius 2 is 2.31 bits per heavy atom. The van der Waals surface area contributed by atoms with Crippen LogP contribution in [-0.2, 0) is 6.54 Å². The van der Waals surface area contributed by atoms with Crippen molar-refractivity contribution in [3.05, 3.63) is 34.5 Å². The molecule has 0 amide bonds. The summed E-state index contributed by atoms with van der Waals surface area (Å²) in [6.45, 7) is 0.325. The summed E-state index contributed by atoms with van der Waals surface area (Å²) >= 11 is 4.64. The first-order chi connectivity index (χ1) is 6.09. The van der Waals surface area contributed by atoms with Gasteiger partial charge in [0.25, 0.3) is 5.56 Å². The molecule has 0 spiro atoms. The lowest BCUT2D eigenvalue weighted by Crippen LogP contribution is -2.21. The summed E-state index contributed by atoms with van der Waals surface area (Å²) in [5.41, 5.74) is 5.00. The van der Waals surface area contributed by atoms with Crippen molar-refractivity contribution >= 4 is 17.2 Å². The molecule has 0 aromatic carbocycles. The Morgan fingerprint density at radius 3 is 2.92 bits per heavy atom. The molecule has 0 bridgehead atoms. The topological polar surface area (TPSA) is 48.0 Å². The predicted octanol–water partition coefficient (Wildman–Crippen LogP) is 0.664. The van der Waals surface area contributed by atoms with E-state index in [0.717, 1.165) is 12.3 Å². The standard InChI is InChI=1S/C8H9FN2OS/c9-6-1-2-8(12)11(5-6)4-3-7(10)13/h1-2,5H,3-4H2,(H2,10,13). The number of hydrogen-bond donors (Lipinski definition) is 1. The number of aromatic nitrogens is 1. The van der Waals surface area contributed by atoms with Gasteiger partial charge in [-0.2, -0.15) is 0 Å². The van der Waals surface area contributed by atoms with E-state index in [0.29, 0.717) is 18.0 Å². The monoisotopic (exact) mass is 200 g/mol. The number of hydrogen-bond acceptors (Lipinski definition) is 2. The lowest BCUT2D eigenvalue weighted by atomic mass is 10.4. The van der Waals surface area contributed by atoms with Gasteiger partial charge in [-0.15, -0.1) is 0 Å².